The lowest BCUT2D eigenvalue weighted by atomic mass is 10.2. The zero-order valence-corrected chi connectivity index (χ0v) is 32.7. The van der Waals surface area contributed by atoms with Crippen LogP contribution in [0, 0.1) is 0 Å². The molecule has 13 nitrogen and oxygen atoms in total. The van der Waals surface area contributed by atoms with E-state index in [9.17, 15) is 14.4 Å². The molecule has 0 amide bonds. The van der Waals surface area contributed by atoms with Crippen LogP contribution in [0.2, 0.25) is 0 Å². The molecule has 0 bridgehead atoms. The molecular weight excluding hydrogens is 721 g/mol. The van der Waals surface area contributed by atoms with E-state index in [0.717, 1.165) is 79.9 Å². The second-order valence-electron chi connectivity index (χ2n) is 14.8. The number of ether oxygens (including phenoxy) is 1. The molecule has 7 aromatic rings. The van der Waals surface area contributed by atoms with Gasteiger partial charge >= 0.3 is 0 Å². The second kappa shape index (κ2) is 15.8. The number of benzene rings is 4. The lowest BCUT2D eigenvalue weighted by molar-refractivity contribution is 0.0934. The molecule has 4 heterocycles. The minimum atomic E-state index is -0.213. The molecule has 1 aliphatic rings. The molecule has 0 unspecified atom stereocenters. The van der Waals surface area contributed by atoms with Gasteiger partial charge in [-0.2, -0.15) is 0 Å². The average Bonchev–Trinajstić information content (AvgIpc) is 3.91. The van der Waals surface area contributed by atoms with Crippen LogP contribution in [0.3, 0.4) is 0 Å². The molecule has 13 heteroatoms. The fourth-order valence-electron chi connectivity index (χ4n) is 7.76. The van der Waals surface area contributed by atoms with Crippen LogP contribution in [-0.2, 0) is 0 Å². The molecule has 292 valence electrons. The number of aliphatic hydroxyl groups excluding tert-OH is 1. The van der Waals surface area contributed by atoms with Gasteiger partial charge in [0.15, 0.2) is 0 Å². The largest absolute Gasteiger partial charge is 0.494 e. The van der Waals surface area contributed by atoms with Crippen molar-refractivity contribution in [2.75, 3.05) is 51.3 Å². The molecule has 0 atom stereocenters. The number of carbonyl (C=O) groups excluding carboxylic acids is 3. The molecule has 0 saturated carbocycles. The van der Waals surface area contributed by atoms with Crippen molar-refractivity contribution in [3.05, 3.63) is 78.9 Å². The van der Waals surface area contributed by atoms with Crippen LogP contribution >= 0.6 is 0 Å². The van der Waals surface area contributed by atoms with E-state index in [1.807, 2.05) is 66.7 Å². The van der Waals surface area contributed by atoms with Gasteiger partial charge in [-0.15, -0.1) is 0 Å². The summed E-state index contributed by atoms with van der Waals surface area (Å²) in [5.74, 6) is 1.62. The van der Waals surface area contributed by atoms with Gasteiger partial charge in [0.2, 0.25) is 17.7 Å². The normalized spacial score (nSPS) is 13.6. The van der Waals surface area contributed by atoms with E-state index < -0.39 is 0 Å². The predicted octanol–water partition coefficient (Wildman–Crippen LogP) is 7.40. The van der Waals surface area contributed by atoms with Crippen LogP contribution < -0.4 is 9.64 Å². The van der Waals surface area contributed by atoms with Gasteiger partial charge in [-0.3, -0.25) is 28.1 Å². The molecule has 0 radical (unpaired) electrons. The van der Waals surface area contributed by atoms with E-state index in [-0.39, 0.29) is 24.3 Å². The van der Waals surface area contributed by atoms with Gasteiger partial charge in [-0.1, -0.05) is 6.42 Å². The minimum Gasteiger partial charge on any atom is -0.494 e. The standard InChI is InChI=1S/C44H46N8O5/c1-28(54)50-39-16-11-32(25-36(39)45-42(50)31-9-14-35(15-10-31)57-24-8-6-5-7-23-53)43-46-37-26-33(12-17-40(37)51(43)29(2)55)44-47-38-27-34(49-21-19-48(4)20-22-49)13-18-41(38)52(44)30(3)56/h9-18,25-27,53H,5-8,19-24H2,1-4H3. The number of imidazole rings is 3. The van der Waals surface area contributed by atoms with Crippen LogP contribution in [0.1, 0.15) is 60.8 Å². The second-order valence-corrected chi connectivity index (χ2v) is 14.8. The first-order valence-corrected chi connectivity index (χ1v) is 19.5. The highest BCUT2D eigenvalue weighted by atomic mass is 16.5. The Bertz CT molecular complexity index is 2650. The Balaban J connectivity index is 1.13. The first kappa shape index (κ1) is 37.7. The van der Waals surface area contributed by atoms with Crippen LogP contribution in [0.25, 0.3) is 67.3 Å². The van der Waals surface area contributed by atoms with Crippen molar-refractivity contribution in [1.29, 1.82) is 0 Å². The first-order valence-electron chi connectivity index (χ1n) is 19.5. The van der Waals surface area contributed by atoms with Gasteiger partial charge in [-0.05, 0) is 105 Å². The summed E-state index contributed by atoms with van der Waals surface area (Å²) in [5.41, 5.74) is 7.05. The number of nitrogens with zero attached hydrogens (tertiary/aromatic N) is 8. The molecule has 1 aliphatic heterocycles. The first-order chi connectivity index (χ1) is 27.6. The number of aromatic nitrogens is 6. The number of piperazine rings is 1. The monoisotopic (exact) mass is 766 g/mol. The summed E-state index contributed by atoms with van der Waals surface area (Å²) in [7, 11) is 2.13. The molecule has 1 fully saturated rings. The Morgan fingerprint density at radius 3 is 1.54 bits per heavy atom. The summed E-state index contributed by atoms with van der Waals surface area (Å²) in [5, 5.41) is 8.97. The summed E-state index contributed by atoms with van der Waals surface area (Å²) >= 11 is 0. The van der Waals surface area contributed by atoms with Crippen LogP contribution in [0.15, 0.2) is 78.9 Å². The molecule has 0 spiro atoms. The number of hydrogen-bond acceptors (Lipinski definition) is 10. The summed E-state index contributed by atoms with van der Waals surface area (Å²) < 4.78 is 10.7. The maximum absolute atomic E-state index is 13.2. The third-order valence-corrected chi connectivity index (χ3v) is 10.7. The topological polar surface area (TPSA) is 141 Å². The van der Waals surface area contributed by atoms with Crippen molar-refractivity contribution < 1.29 is 24.2 Å². The van der Waals surface area contributed by atoms with Gasteiger partial charge in [0, 0.05) is 75.9 Å². The van der Waals surface area contributed by atoms with Gasteiger partial charge in [0.25, 0.3) is 0 Å². The highest BCUT2D eigenvalue weighted by molar-refractivity contribution is 6.00. The zero-order chi connectivity index (χ0) is 39.8. The Morgan fingerprint density at radius 1 is 0.579 bits per heavy atom. The lowest BCUT2D eigenvalue weighted by Crippen LogP contribution is -2.44. The van der Waals surface area contributed by atoms with E-state index in [0.29, 0.717) is 57.3 Å². The molecule has 1 N–H and O–H groups in total. The molecule has 1 saturated heterocycles. The smallest absolute Gasteiger partial charge is 0.229 e. The number of fused-ring (bicyclic) bond motifs is 3. The fraction of sp³-hybridized carbons (Fsp3) is 0.318. The highest BCUT2D eigenvalue weighted by Gasteiger charge is 2.23. The van der Waals surface area contributed by atoms with Gasteiger partial charge < -0.3 is 19.6 Å². The lowest BCUT2D eigenvalue weighted by Gasteiger charge is -2.34. The van der Waals surface area contributed by atoms with Crippen molar-refractivity contribution in [1.82, 2.24) is 33.6 Å². The quantitative estimate of drug-likeness (QED) is 0.133. The average molecular weight is 767 g/mol. The van der Waals surface area contributed by atoms with Crippen molar-refractivity contribution >= 4 is 56.5 Å². The van der Waals surface area contributed by atoms with E-state index in [1.165, 1.54) is 20.8 Å². The summed E-state index contributed by atoms with van der Waals surface area (Å²) in [4.78, 5) is 58.8. The Hall–Kier alpha value is -6.18. The van der Waals surface area contributed by atoms with E-state index >= 15 is 0 Å². The van der Waals surface area contributed by atoms with Gasteiger partial charge in [0.1, 0.15) is 23.2 Å². The number of carbonyl (C=O) groups is 3. The molecule has 3 aromatic heterocycles. The number of likely N-dealkylation sites (N-methyl/N-ethyl adjacent to an activating group) is 1. The Labute approximate surface area is 330 Å². The Morgan fingerprint density at radius 2 is 1.04 bits per heavy atom. The number of hydrogen-bond donors (Lipinski definition) is 1. The zero-order valence-electron chi connectivity index (χ0n) is 32.7. The molecule has 0 aliphatic carbocycles. The summed E-state index contributed by atoms with van der Waals surface area (Å²) in [6, 6.07) is 24.7. The van der Waals surface area contributed by atoms with Gasteiger partial charge in [0.05, 0.1) is 39.7 Å². The number of aliphatic hydroxyl groups is 1. The summed E-state index contributed by atoms with van der Waals surface area (Å²) in [6.07, 6.45) is 3.68. The van der Waals surface area contributed by atoms with Crippen molar-refractivity contribution in [3.63, 3.8) is 0 Å². The van der Waals surface area contributed by atoms with Crippen LogP contribution in [0.4, 0.5) is 5.69 Å². The minimum absolute atomic E-state index is 0.155. The van der Waals surface area contributed by atoms with Crippen molar-refractivity contribution in [3.8, 4) is 39.9 Å². The Kier molecular flexibility index (Phi) is 10.4. The summed E-state index contributed by atoms with van der Waals surface area (Å²) in [6.45, 7) is 9.14. The molecule has 4 aromatic carbocycles. The fourth-order valence-corrected chi connectivity index (χ4v) is 7.76. The maximum Gasteiger partial charge on any atom is 0.229 e. The SMILES string of the molecule is CC(=O)n1c(-c2ccc(OCCCCCCO)cc2)nc2cc(-c3nc4cc(-c5nc6cc(N7CCN(C)CC7)ccc6n5C(C)=O)ccc4n3C(C)=O)ccc21. The van der Waals surface area contributed by atoms with Crippen LogP contribution in [0.5, 0.6) is 5.75 Å². The van der Waals surface area contributed by atoms with E-state index in [1.54, 1.807) is 13.7 Å². The molecule has 8 rings (SSSR count). The third kappa shape index (κ3) is 7.31. The van der Waals surface area contributed by atoms with Crippen LogP contribution in [-0.4, -0.2) is 103 Å². The number of unbranched alkanes of at least 4 members (excludes halogenated alkanes) is 3. The van der Waals surface area contributed by atoms with E-state index in [4.69, 9.17) is 24.8 Å². The third-order valence-electron chi connectivity index (χ3n) is 10.7. The predicted molar refractivity (Wildman–Crippen MR) is 222 cm³/mol. The highest BCUT2D eigenvalue weighted by Crippen LogP contribution is 2.34. The number of rotatable bonds is 11. The van der Waals surface area contributed by atoms with Crippen molar-refractivity contribution in [2.24, 2.45) is 0 Å². The van der Waals surface area contributed by atoms with Crippen molar-refractivity contribution in [2.45, 2.75) is 46.5 Å². The van der Waals surface area contributed by atoms with Gasteiger partial charge in [-0.25, -0.2) is 15.0 Å². The molecular formula is C44H46N8O5. The maximum atomic E-state index is 13.2. The van der Waals surface area contributed by atoms with E-state index in [2.05, 4.69) is 29.0 Å². The molecule has 57 heavy (non-hydrogen) atoms. The number of anilines is 1.